The predicted octanol–water partition coefficient (Wildman–Crippen LogP) is -0.0156. The van der Waals surface area contributed by atoms with Crippen LogP contribution in [0, 0.1) is 0 Å². The molecule has 0 bridgehead atoms. The highest BCUT2D eigenvalue weighted by atomic mass is 16.5. The molecule has 7 heteroatoms. The Morgan fingerprint density at radius 3 is 2.83 bits per heavy atom. The molecule has 1 aliphatic heterocycles. The Bertz CT molecular complexity index is 507. The molecule has 0 fully saturated rings. The van der Waals surface area contributed by atoms with Crippen molar-refractivity contribution >= 4 is 17.7 Å². The van der Waals surface area contributed by atoms with Gasteiger partial charge in [-0.15, -0.1) is 0 Å². The fourth-order valence-corrected chi connectivity index (χ4v) is 1.87. The van der Waals surface area contributed by atoms with Crippen molar-refractivity contribution in [3.8, 4) is 5.75 Å². The predicted molar refractivity (Wildman–Crippen MR) is 64.0 cm³/mol. The largest absolute Gasteiger partial charge is 0.477 e. The fourth-order valence-electron chi connectivity index (χ4n) is 1.87. The van der Waals surface area contributed by atoms with Crippen LogP contribution in [0.4, 0.5) is 5.82 Å². The zero-order valence-electron chi connectivity index (χ0n) is 10.4. The zero-order chi connectivity index (χ0) is 13.4. The van der Waals surface area contributed by atoms with Gasteiger partial charge >= 0.3 is 5.97 Å². The summed E-state index contributed by atoms with van der Waals surface area (Å²) < 4.78 is 6.92. The third-order valence-electron chi connectivity index (χ3n) is 2.75. The van der Waals surface area contributed by atoms with E-state index in [1.54, 1.807) is 7.05 Å². The maximum Gasteiger partial charge on any atom is 0.352 e. The first-order chi connectivity index (χ1) is 8.40. The van der Waals surface area contributed by atoms with Gasteiger partial charge in [-0.05, 0) is 14.1 Å². The highest BCUT2D eigenvalue weighted by Gasteiger charge is 2.32. The number of nitrogens with zero attached hydrogens (tertiary/aromatic N) is 2. The molecule has 0 spiro atoms. The Morgan fingerprint density at radius 1 is 1.61 bits per heavy atom. The molecular formula is C11H15N3O4. The van der Waals surface area contributed by atoms with Gasteiger partial charge in [0.25, 0.3) is 5.91 Å². The lowest BCUT2D eigenvalue weighted by Crippen LogP contribution is -2.43. The van der Waals surface area contributed by atoms with E-state index < -0.39 is 12.1 Å². The van der Waals surface area contributed by atoms with Crippen molar-refractivity contribution in [3.05, 3.63) is 11.8 Å². The molecule has 2 N–H and O–H groups in total. The summed E-state index contributed by atoms with van der Waals surface area (Å²) in [5.74, 6) is -0.558. The molecule has 18 heavy (non-hydrogen) atoms. The minimum Gasteiger partial charge on any atom is -0.477 e. The van der Waals surface area contributed by atoms with Gasteiger partial charge < -0.3 is 24.6 Å². The van der Waals surface area contributed by atoms with E-state index in [0.717, 1.165) is 0 Å². The van der Waals surface area contributed by atoms with E-state index in [-0.39, 0.29) is 11.6 Å². The van der Waals surface area contributed by atoms with Crippen molar-refractivity contribution in [3.63, 3.8) is 0 Å². The third-order valence-corrected chi connectivity index (χ3v) is 2.75. The molecule has 1 atom stereocenters. The second kappa shape index (κ2) is 4.34. The highest BCUT2D eigenvalue weighted by Crippen LogP contribution is 2.32. The van der Waals surface area contributed by atoms with Crippen LogP contribution >= 0.6 is 0 Å². The number of fused-ring (bicyclic) bond motifs is 1. The van der Waals surface area contributed by atoms with Crippen molar-refractivity contribution in [1.29, 1.82) is 0 Å². The fraction of sp³-hybridized carbons (Fsp3) is 0.455. The molecular weight excluding hydrogens is 238 g/mol. The number of likely N-dealkylation sites (N-methyl/N-ethyl adjacent to an activating group) is 1. The Labute approximate surface area is 104 Å². The summed E-state index contributed by atoms with van der Waals surface area (Å²) in [6, 6.07) is 1.42. The summed E-state index contributed by atoms with van der Waals surface area (Å²) in [4.78, 5) is 24.6. The molecule has 7 nitrogen and oxygen atoms in total. The van der Waals surface area contributed by atoms with Gasteiger partial charge in [-0.3, -0.25) is 4.79 Å². The Balaban J connectivity index is 2.32. The average molecular weight is 253 g/mol. The lowest BCUT2D eigenvalue weighted by atomic mass is 10.2. The summed E-state index contributed by atoms with van der Waals surface area (Å²) in [5, 5.41) is 11.7. The van der Waals surface area contributed by atoms with Crippen LogP contribution < -0.4 is 10.1 Å². The van der Waals surface area contributed by atoms with Crippen molar-refractivity contribution in [2.45, 2.75) is 6.10 Å². The van der Waals surface area contributed by atoms with Crippen LogP contribution in [0.3, 0.4) is 0 Å². The minimum absolute atomic E-state index is 0.0748. The molecule has 0 saturated heterocycles. The molecule has 0 radical (unpaired) electrons. The van der Waals surface area contributed by atoms with Gasteiger partial charge in [-0.1, -0.05) is 0 Å². The van der Waals surface area contributed by atoms with Crippen LogP contribution in [0.2, 0.25) is 0 Å². The van der Waals surface area contributed by atoms with Gasteiger partial charge in [0.05, 0.1) is 0 Å². The van der Waals surface area contributed by atoms with Crippen molar-refractivity contribution < 1.29 is 19.4 Å². The standard InChI is InChI=1S/C11H15N3O4/c1-13(2)5-8-10(15)12-9-7(18-8)4-6(11(16)17)14(9)3/h4,8H,5H2,1-3H3,(H,12,15)(H,16,17). The lowest BCUT2D eigenvalue weighted by Gasteiger charge is -2.26. The summed E-state index contributed by atoms with van der Waals surface area (Å²) in [6.07, 6.45) is -0.628. The van der Waals surface area contributed by atoms with Crippen molar-refractivity contribution in [1.82, 2.24) is 9.47 Å². The van der Waals surface area contributed by atoms with E-state index in [0.29, 0.717) is 18.1 Å². The van der Waals surface area contributed by atoms with Gasteiger partial charge in [0.15, 0.2) is 17.7 Å². The van der Waals surface area contributed by atoms with E-state index in [2.05, 4.69) is 5.32 Å². The first-order valence-electron chi connectivity index (χ1n) is 5.45. The van der Waals surface area contributed by atoms with Crippen LogP contribution in [0.15, 0.2) is 6.07 Å². The second-order valence-corrected chi connectivity index (χ2v) is 4.46. The molecule has 2 rings (SSSR count). The molecule has 2 heterocycles. The number of anilines is 1. The summed E-state index contributed by atoms with van der Waals surface area (Å²) in [6.45, 7) is 0.433. The number of nitrogens with one attached hydrogen (secondary N) is 1. The molecule has 1 unspecified atom stereocenters. The number of hydrogen-bond acceptors (Lipinski definition) is 4. The maximum absolute atomic E-state index is 11.8. The number of aromatic nitrogens is 1. The average Bonchev–Trinajstić information content (AvgIpc) is 2.56. The van der Waals surface area contributed by atoms with Crippen LogP contribution in [0.5, 0.6) is 5.75 Å². The second-order valence-electron chi connectivity index (χ2n) is 4.46. The van der Waals surface area contributed by atoms with Crippen LogP contribution in [-0.4, -0.2) is 53.2 Å². The molecule has 98 valence electrons. The lowest BCUT2D eigenvalue weighted by molar-refractivity contribution is -0.124. The number of ether oxygens (including phenoxy) is 1. The van der Waals surface area contributed by atoms with Crippen LogP contribution in [-0.2, 0) is 11.8 Å². The number of carboxylic acids is 1. The minimum atomic E-state index is -1.06. The van der Waals surface area contributed by atoms with Crippen molar-refractivity contribution in [2.75, 3.05) is 26.0 Å². The summed E-state index contributed by atoms with van der Waals surface area (Å²) in [7, 11) is 5.23. The number of hydrogen-bond donors (Lipinski definition) is 2. The number of carbonyl (C=O) groups is 2. The third kappa shape index (κ3) is 2.04. The van der Waals surface area contributed by atoms with Gasteiger partial charge in [-0.25, -0.2) is 4.79 Å². The first-order valence-corrected chi connectivity index (χ1v) is 5.45. The topological polar surface area (TPSA) is 83.8 Å². The van der Waals surface area contributed by atoms with E-state index in [4.69, 9.17) is 9.84 Å². The molecule has 0 saturated carbocycles. The Hall–Kier alpha value is -2.02. The Kier molecular flexibility index (Phi) is 3.00. The van der Waals surface area contributed by atoms with E-state index in [9.17, 15) is 9.59 Å². The quantitative estimate of drug-likeness (QED) is 0.791. The molecule has 0 aromatic carbocycles. The number of aromatic carboxylic acids is 1. The number of amides is 1. The summed E-state index contributed by atoms with van der Waals surface area (Å²) >= 11 is 0. The van der Waals surface area contributed by atoms with Gasteiger partial charge in [0, 0.05) is 19.7 Å². The highest BCUT2D eigenvalue weighted by molar-refractivity contribution is 5.99. The maximum atomic E-state index is 11.8. The van der Waals surface area contributed by atoms with Gasteiger partial charge in [-0.2, -0.15) is 0 Å². The number of rotatable bonds is 3. The SMILES string of the molecule is CN(C)CC1Oc2cc(C(=O)O)n(C)c2NC1=O. The normalized spacial score (nSPS) is 18.2. The molecule has 1 aromatic heterocycles. The molecule has 0 aliphatic carbocycles. The Morgan fingerprint density at radius 2 is 2.28 bits per heavy atom. The number of carboxylic acid groups (broad SMARTS) is 1. The van der Waals surface area contributed by atoms with Gasteiger partial charge in [0.1, 0.15) is 5.69 Å². The van der Waals surface area contributed by atoms with E-state index in [1.807, 2.05) is 19.0 Å². The van der Waals surface area contributed by atoms with Crippen LogP contribution in [0.25, 0.3) is 0 Å². The number of carbonyl (C=O) groups excluding carboxylic acids is 1. The van der Waals surface area contributed by atoms with Gasteiger partial charge in [0.2, 0.25) is 0 Å². The van der Waals surface area contributed by atoms with Crippen molar-refractivity contribution in [2.24, 2.45) is 7.05 Å². The molecule has 1 aromatic rings. The van der Waals surface area contributed by atoms with Crippen LogP contribution in [0.1, 0.15) is 10.5 Å². The zero-order valence-corrected chi connectivity index (χ0v) is 10.4. The van der Waals surface area contributed by atoms with E-state index >= 15 is 0 Å². The first kappa shape index (κ1) is 12.4. The summed E-state index contributed by atoms with van der Waals surface area (Å²) in [5.41, 5.74) is 0.0748. The van der Waals surface area contributed by atoms with E-state index in [1.165, 1.54) is 10.6 Å². The molecule has 1 amide bonds. The molecule has 1 aliphatic rings. The smallest absolute Gasteiger partial charge is 0.352 e. The monoisotopic (exact) mass is 253 g/mol.